The van der Waals surface area contributed by atoms with Crippen LogP contribution < -0.4 is 0 Å². The number of aryl methyl sites for hydroxylation is 1. The van der Waals surface area contributed by atoms with Gasteiger partial charge in [-0.15, -0.1) is 0 Å². The highest BCUT2D eigenvalue weighted by molar-refractivity contribution is 5.73. The third kappa shape index (κ3) is 4.33. The van der Waals surface area contributed by atoms with Crippen LogP contribution in [0.2, 0.25) is 0 Å². The Hall–Kier alpha value is -1.39. The van der Waals surface area contributed by atoms with Gasteiger partial charge in [-0.3, -0.25) is 9.69 Å². The summed E-state index contributed by atoms with van der Waals surface area (Å²) in [7, 11) is 0. The van der Waals surface area contributed by atoms with Gasteiger partial charge in [0, 0.05) is 6.54 Å². The maximum absolute atomic E-state index is 11.2. The van der Waals surface area contributed by atoms with E-state index < -0.39 is 18.1 Å². The zero-order valence-electron chi connectivity index (χ0n) is 11.8. The van der Waals surface area contributed by atoms with Crippen molar-refractivity contribution in [3.63, 3.8) is 0 Å². The van der Waals surface area contributed by atoms with Crippen LogP contribution in [0.3, 0.4) is 0 Å². The summed E-state index contributed by atoms with van der Waals surface area (Å²) in [6, 6.07) is 7.13. The molecular formula is C15H23NO3. The smallest absolute Gasteiger partial charge is 0.320 e. The molecule has 0 aliphatic rings. The fraction of sp³-hybridized carbons (Fsp3) is 0.533. The monoisotopic (exact) mass is 265 g/mol. The predicted molar refractivity (Wildman–Crippen MR) is 75.1 cm³/mol. The SMILES string of the molecule is CC[C@H](C(=O)O)N(CC)C[C@@H](O)c1ccc(C)cc1. The summed E-state index contributed by atoms with van der Waals surface area (Å²) >= 11 is 0. The largest absolute Gasteiger partial charge is 0.480 e. The van der Waals surface area contributed by atoms with Crippen molar-refractivity contribution < 1.29 is 15.0 Å². The third-order valence-electron chi connectivity index (χ3n) is 3.39. The number of rotatable bonds is 7. The Bertz CT molecular complexity index is 402. The molecule has 1 aromatic rings. The second kappa shape index (κ2) is 7.26. The number of carboxylic acids is 1. The van der Waals surface area contributed by atoms with Crippen molar-refractivity contribution in [1.29, 1.82) is 0 Å². The van der Waals surface area contributed by atoms with Crippen LogP contribution >= 0.6 is 0 Å². The minimum Gasteiger partial charge on any atom is -0.480 e. The molecule has 4 heteroatoms. The minimum absolute atomic E-state index is 0.338. The van der Waals surface area contributed by atoms with E-state index in [9.17, 15) is 15.0 Å². The van der Waals surface area contributed by atoms with Gasteiger partial charge in [0.1, 0.15) is 6.04 Å². The highest BCUT2D eigenvalue weighted by atomic mass is 16.4. The number of nitrogens with zero attached hydrogens (tertiary/aromatic N) is 1. The van der Waals surface area contributed by atoms with Gasteiger partial charge in [-0.2, -0.15) is 0 Å². The number of aliphatic hydroxyl groups excluding tert-OH is 1. The van der Waals surface area contributed by atoms with Crippen molar-refractivity contribution in [3.8, 4) is 0 Å². The Kier molecular flexibility index (Phi) is 5.99. The van der Waals surface area contributed by atoms with Crippen LogP contribution in [0.25, 0.3) is 0 Å². The van der Waals surface area contributed by atoms with Gasteiger partial charge in [0.2, 0.25) is 0 Å². The highest BCUT2D eigenvalue weighted by Crippen LogP contribution is 2.17. The second-order valence-electron chi connectivity index (χ2n) is 4.78. The minimum atomic E-state index is -0.833. The number of hydrogen-bond acceptors (Lipinski definition) is 3. The van der Waals surface area contributed by atoms with Crippen molar-refractivity contribution in [2.24, 2.45) is 0 Å². The Morgan fingerprint density at radius 3 is 2.26 bits per heavy atom. The lowest BCUT2D eigenvalue weighted by molar-refractivity contribution is -0.143. The first-order chi connectivity index (χ1) is 8.99. The number of carbonyl (C=O) groups is 1. The van der Waals surface area contributed by atoms with E-state index in [1.54, 1.807) is 4.90 Å². The van der Waals surface area contributed by atoms with Crippen LogP contribution in [0.1, 0.15) is 37.5 Å². The molecule has 0 bridgehead atoms. The van der Waals surface area contributed by atoms with E-state index in [0.29, 0.717) is 19.5 Å². The lowest BCUT2D eigenvalue weighted by Crippen LogP contribution is -2.42. The van der Waals surface area contributed by atoms with E-state index in [0.717, 1.165) is 11.1 Å². The molecule has 0 saturated heterocycles. The standard InChI is InChI=1S/C15H23NO3/c1-4-13(15(18)19)16(5-2)10-14(17)12-8-6-11(3)7-9-12/h6-9,13-14,17H,4-5,10H2,1-3H3,(H,18,19)/t13-,14-/m1/s1. The molecule has 0 unspecified atom stereocenters. The second-order valence-corrected chi connectivity index (χ2v) is 4.78. The average molecular weight is 265 g/mol. The Morgan fingerprint density at radius 2 is 1.84 bits per heavy atom. The van der Waals surface area contributed by atoms with Crippen LogP contribution in [-0.2, 0) is 4.79 Å². The number of likely N-dealkylation sites (N-methyl/N-ethyl adjacent to an activating group) is 1. The summed E-state index contributed by atoms with van der Waals surface area (Å²) in [6.07, 6.45) is -0.127. The van der Waals surface area contributed by atoms with Gasteiger partial charge < -0.3 is 10.2 Å². The first-order valence-electron chi connectivity index (χ1n) is 6.71. The molecule has 2 atom stereocenters. The van der Waals surface area contributed by atoms with E-state index in [4.69, 9.17) is 0 Å². The van der Waals surface area contributed by atoms with Crippen molar-refractivity contribution in [2.75, 3.05) is 13.1 Å². The topological polar surface area (TPSA) is 60.8 Å². The number of benzene rings is 1. The highest BCUT2D eigenvalue weighted by Gasteiger charge is 2.24. The Labute approximate surface area is 114 Å². The van der Waals surface area contributed by atoms with Crippen molar-refractivity contribution in [3.05, 3.63) is 35.4 Å². The van der Waals surface area contributed by atoms with Gasteiger partial charge in [0.25, 0.3) is 0 Å². The molecule has 0 spiro atoms. The molecule has 0 fully saturated rings. The van der Waals surface area contributed by atoms with Gasteiger partial charge in [0.05, 0.1) is 6.10 Å². The summed E-state index contributed by atoms with van der Waals surface area (Å²) in [5.74, 6) is -0.833. The molecule has 0 heterocycles. The lowest BCUT2D eigenvalue weighted by Gasteiger charge is -2.29. The Morgan fingerprint density at radius 1 is 1.26 bits per heavy atom. The van der Waals surface area contributed by atoms with Gasteiger partial charge >= 0.3 is 5.97 Å². The molecule has 1 rings (SSSR count). The van der Waals surface area contributed by atoms with Gasteiger partial charge in [-0.05, 0) is 25.5 Å². The lowest BCUT2D eigenvalue weighted by atomic mass is 10.1. The van der Waals surface area contributed by atoms with Gasteiger partial charge in [-0.25, -0.2) is 0 Å². The van der Waals surface area contributed by atoms with E-state index in [1.165, 1.54) is 0 Å². The zero-order valence-corrected chi connectivity index (χ0v) is 11.8. The molecule has 0 aromatic heterocycles. The maximum Gasteiger partial charge on any atom is 0.320 e. The number of carboxylic acid groups (broad SMARTS) is 1. The van der Waals surface area contributed by atoms with E-state index in [2.05, 4.69) is 0 Å². The molecule has 2 N–H and O–H groups in total. The summed E-state index contributed by atoms with van der Waals surface area (Å²) in [5.41, 5.74) is 1.96. The molecule has 19 heavy (non-hydrogen) atoms. The van der Waals surface area contributed by atoms with Crippen LogP contribution in [-0.4, -0.2) is 40.2 Å². The maximum atomic E-state index is 11.2. The first kappa shape index (κ1) is 15.7. The van der Waals surface area contributed by atoms with E-state index >= 15 is 0 Å². The normalized spacial score (nSPS) is 14.4. The molecule has 1 aromatic carbocycles. The molecule has 0 saturated carbocycles. The quantitative estimate of drug-likeness (QED) is 0.793. The predicted octanol–water partition coefficient (Wildman–Crippen LogP) is 2.21. The molecule has 0 aliphatic carbocycles. The van der Waals surface area contributed by atoms with Crippen molar-refractivity contribution in [2.45, 2.75) is 39.3 Å². The fourth-order valence-electron chi connectivity index (χ4n) is 2.18. The molecular weight excluding hydrogens is 242 g/mol. The summed E-state index contributed by atoms with van der Waals surface area (Å²) in [6.45, 7) is 6.69. The summed E-state index contributed by atoms with van der Waals surface area (Å²) in [4.78, 5) is 13.0. The van der Waals surface area contributed by atoms with E-state index in [-0.39, 0.29) is 0 Å². The third-order valence-corrected chi connectivity index (χ3v) is 3.39. The summed E-state index contributed by atoms with van der Waals surface area (Å²) < 4.78 is 0. The van der Waals surface area contributed by atoms with Crippen molar-refractivity contribution in [1.82, 2.24) is 4.90 Å². The van der Waals surface area contributed by atoms with Crippen LogP contribution in [0.15, 0.2) is 24.3 Å². The van der Waals surface area contributed by atoms with Crippen molar-refractivity contribution >= 4 is 5.97 Å². The molecule has 0 radical (unpaired) electrons. The van der Waals surface area contributed by atoms with Crippen LogP contribution in [0.4, 0.5) is 0 Å². The fourth-order valence-corrected chi connectivity index (χ4v) is 2.18. The number of hydrogen-bond donors (Lipinski definition) is 2. The van der Waals surface area contributed by atoms with Gasteiger partial charge in [-0.1, -0.05) is 43.7 Å². The average Bonchev–Trinajstić information content (AvgIpc) is 2.38. The number of aliphatic carboxylic acids is 1. The summed E-state index contributed by atoms with van der Waals surface area (Å²) in [5, 5.41) is 19.4. The molecule has 106 valence electrons. The van der Waals surface area contributed by atoms with Crippen LogP contribution in [0, 0.1) is 6.92 Å². The molecule has 4 nitrogen and oxygen atoms in total. The zero-order chi connectivity index (χ0) is 14.4. The Balaban J connectivity index is 2.74. The van der Waals surface area contributed by atoms with E-state index in [1.807, 2.05) is 45.0 Å². The molecule has 0 amide bonds. The first-order valence-corrected chi connectivity index (χ1v) is 6.71. The number of aliphatic hydroxyl groups is 1. The van der Waals surface area contributed by atoms with Gasteiger partial charge in [0.15, 0.2) is 0 Å². The molecule has 0 aliphatic heterocycles. The van der Waals surface area contributed by atoms with Crippen LogP contribution in [0.5, 0.6) is 0 Å².